The Morgan fingerprint density at radius 1 is 1.18 bits per heavy atom. The first-order valence-electron chi connectivity index (χ1n) is 9.53. The van der Waals surface area contributed by atoms with Crippen molar-refractivity contribution in [1.29, 1.82) is 0 Å². The van der Waals surface area contributed by atoms with E-state index in [9.17, 15) is 14.0 Å². The van der Waals surface area contributed by atoms with Crippen molar-refractivity contribution in [1.82, 2.24) is 20.4 Å². The van der Waals surface area contributed by atoms with Crippen LogP contribution in [0.4, 0.5) is 4.39 Å². The second kappa shape index (κ2) is 9.39. The first kappa shape index (κ1) is 21.5. The van der Waals surface area contributed by atoms with E-state index in [-0.39, 0.29) is 29.1 Å². The maximum atomic E-state index is 14.4. The fourth-order valence-corrected chi connectivity index (χ4v) is 2.90. The van der Waals surface area contributed by atoms with Crippen molar-refractivity contribution in [3.05, 3.63) is 46.9 Å². The molecule has 0 atom stereocenters. The standard InChI is InChI=1S/C21H27FN4O2/c1-6-10-23-20(27)15-11-16(14(5)17(22)12-15)18-8-9-19(25-24-18)21(28)26(7-2)13(3)4/h8-9,11-13H,6-7,10H2,1-5H3,(H,23,27). The summed E-state index contributed by atoms with van der Waals surface area (Å²) in [6, 6.07) is 6.08. The Hall–Kier alpha value is -2.83. The number of benzene rings is 1. The normalized spacial score (nSPS) is 10.8. The van der Waals surface area contributed by atoms with Gasteiger partial charge in [-0.05, 0) is 63.9 Å². The molecule has 1 aromatic carbocycles. The van der Waals surface area contributed by atoms with Crippen molar-refractivity contribution >= 4 is 11.8 Å². The van der Waals surface area contributed by atoms with Crippen LogP contribution in [0.15, 0.2) is 24.3 Å². The third-order valence-electron chi connectivity index (χ3n) is 4.53. The minimum absolute atomic E-state index is 0.0497. The summed E-state index contributed by atoms with van der Waals surface area (Å²) >= 11 is 0. The van der Waals surface area contributed by atoms with Gasteiger partial charge in [0, 0.05) is 30.3 Å². The molecule has 0 aliphatic carbocycles. The lowest BCUT2D eigenvalue weighted by molar-refractivity contribution is 0.0709. The van der Waals surface area contributed by atoms with E-state index in [1.807, 2.05) is 27.7 Å². The van der Waals surface area contributed by atoms with Crippen LogP contribution in [0.3, 0.4) is 0 Å². The number of hydrogen-bond donors (Lipinski definition) is 1. The molecule has 1 N–H and O–H groups in total. The molecule has 0 aliphatic rings. The molecular weight excluding hydrogens is 359 g/mol. The highest BCUT2D eigenvalue weighted by molar-refractivity contribution is 5.96. The van der Waals surface area contributed by atoms with Crippen LogP contribution in [0.5, 0.6) is 0 Å². The summed E-state index contributed by atoms with van der Waals surface area (Å²) < 4.78 is 14.4. The van der Waals surface area contributed by atoms with Gasteiger partial charge in [0.15, 0.2) is 5.69 Å². The highest BCUT2D eigenvalue weighted by atomic mass is 19.1. The Balaban J connectivity index is 2.36. The zero-order valence-electron chi connectivity index (χ0n) is 17.0. The lowest BCUT2D eigenvalue weighted by atomic mass is 10.0. The largest absolute Gasteiger partial charge is 0.352 e. The average Bonchev–Trinajstić information content (AvgIpc) is 2.68. The Bertz CT molecular complexity index is 850. The van der Waals surface area contributed by atoms with Crippen LogP contribution in [-0.2, 0) is 0 Å². The van der Waals surface area contributed by atoms with Crippen molar-refractivity contribution < 1.29 is 14.0 Å². The van der Waals surface area contributed by atoms with Crippen molar-refractivity contribution in [3.63, 3.8) is 0 Å². The average molecular weight is 386 g/mol. The molecule has 6 nitrogen and oxygen atoms in total. The van der Waals surface area contributed by atoms with Crippen molar-refractivity contribution in [3.8, 4) is 11.3 Å². The van der Waals surface area contributed by atoms with Gasteiger partial charge in [-0.3, -0.25) is 9.59 Å². The molecule has 0 radical (unpaired) electrons. The van der Waals surface area contributed by atoms with E-state index in [1.165, 1.54) is 6.07 Å². The lowest BCUT2D eigenvalue weighted by Gasteiger charge is -2.24. The number of nitrogens with zero attached hydrogens (tertiary/aromatic N) is 3. The van der Waals surface area contributed by atoms with Gasteiger partial charge in [-0.25, -0.2) is 4.39 Å². The first-order valence-corrected chi connectivity index (χ1v) is 9.53. The maximum absolute atomic E-state index is 14.4. The molecule has 1 heterocycles. The van der Waals surface area contributed by atoms with E-state index in [1.54, 1.807) is 30.0 Å². The molecular formula is C21H27FN4O2. The van der Waals surface area contributed by atoms with E-state index in [2.05, 4.69) is 15.5 Å². The number of carbonyl (C=O) groups excluding carboxylic acids is 2. The van der Waals surface area contributed by atoms with E-state index in [0.717, 1.165) is 6.42 Å². The summed E-state index contributed by atoms with van der Waals surface area (Å²) in [4.78, 5) is 26.4. The first-order chi connectivity index (χ1) is 13.3. The van der Waals surface area contributed by atoms with Gasteiger partial charge in [-0.15, -0.1) is 10.2 Å². The number of amides is 2. The summed E-state index contributed by atoms with van der Waals surface area (Å²) in [5, 5.41) is 10.9. The molecule has 0 saturated carbocycles. The number of nitrogens with one attached hydrogen (secondary N) is 1. The number of halogens is 1. The molecule has 2 aromatic rings. The quantitative estimate of drug-likeness (QED) is 0.789. The predicted octanol–water partition coefficient (Wildman–Crippen LogP) is 3.60. The summed E-state index contributed by atoms with van der Waals surface area (Å²) in [7, 11) is 0. The minimum atomic E-state index is -0.488. The molecule has 0 unspecified atom stereocenters. The van der Waals surface area contributed by atoms with E-state index in [0.29, 0.717) is 29.9 Å². The summed E-state index contributed by atoms with van der Waals surface area (Å²) in [5.41, 5.74) is 1.72. The molecule has 0 fully saturated rings. The molecule has 1 aromatic heterocycles. The Kier molecular flexibility index (Phi) is 7.20. The van der Waals surface area contributed by atoms with Crippen LogP contribution >= 0.6 is 0 Å². The van der Waals surface area contributed by atoms with Crippen molar-refractivity contribution in [2.75, 3.05) is 13.1 Å². The van der Waals surface area contributed by atoms with Gasteiger partial charge in [0.2, 0.25) is 0 Å². The number of aromatic nitrogens is 2. The van der Waals surface area contributed by atoms with Gasteiger partial charge in [0.1, 0.15) is 5.82 Å². The second-order valence-corrected chi connectivity index (χ2v) is 6.88. The van der Waals surface area contributed by atoms with Crippen LogP contribution in [-0.4, -0.2) is 46.0 Å². The number of carbonyl (C=O) groups is 2. The summed E-state index contributed by atoms with van der Waals surface area (Å²) in [6.45, 7) is 10.4. The zero-order valence-corrected chi connectivity index (χ0v) is 17.0. The van der Waals surface area contributed by atoms with Gasteiger partial charge in [0.05, 0.1) is 5.69 Å². The van der Waals surface area contributed by atoms with E-state index < -0.39 is 5.82 Å². The molecule has 0 saturated heterocycles. The van der Waals surface area contributed by atoms with Gasteiger partial charge in [-0.2, -0.15) is 0 Å². The fourth-order valence-electron chi connectivity index (χ4n) is 2.90. The van der Waals surface area contributed by atoms with Gasteiger partial charge >= 0.3 is 0 Å². The molecule has 2 rings (SSSR count). The van der Waals surface area contributed by atoms with Crippen LogP contribution < -0.4 is 5.32 Å². The Morgan fingerprint density at radius 3 is 2.43 bits per heavy atom. The second-order valence-electron chi connectivity index (χ2n) is 6.88. The topological polar surface area (TPSA) is 75.2 Å². The maximum Gasteiger partial charge on any atom is 0.274 e. The third-order valence-corrected chi connectivity index (χ3v) is 4.53. The fraction of sp³-hybridized carbons (Fsp3) is 0.429. The molecule has 0 aliphatic heterocycles. The Morgan fingerprint density at radius 2 is 1.89 bits per heavy atom. The third kappa shape index (κ3) is 4.71. The molecule has 150 valence electrons. The number of rotatable bonds is 7. The van der Waals surface area contributed by atoms with E-state index in [4.69, 9.17) is 0 Å². The molecule has 0 spiro atoms. The number of hydrogen-bond acceptors (Lipinski definition) is 4. The monoisotopic (exact) mass is 386 g/mol. The summed E-state index contributed by atoms with van der Waals surface area (Å²) in [6.07, 6.45) is 0.791. The molecule has 2 amide bonds. The predicted molar refractivity (Wildman–Crippen MR) is 107 cm³/mol. The SMILES string of the molecule is CCCNC(=O)c1cc(F)c(C)c(-c2ccc(C(=O)N(CC)C(C)C)nn2)c1. The minimum Gasteiger partial charge on any atom is -0.352 e. The molecule has 0 bridgehead atoms. The van der Waals surface area contributed by atoms with Crippen molar-refractivity contribution in [2.24, 2.45) is 0 Å². The van der Waals surface area contributed by atoms with Gasteiger partial charge < -0.3 is 10.2 Å². The zero-order chi connectivity index (χ0) is 20.8. The van der Waals surface area contributed by atoms with Crippen molar-refractivity contribution in [2.45, 2.75) is 47.1 Å². The van der Waals surface area contributed by atoms with Crippen LogP contribution in [0.25, 0.3) is 11.3 Å². The highest BCUT2D eigenvalue weighted by Gasteiger charge is 2.20. The molecule has 7 heteroatoms. The highest BCUT2D eigenvalue weighted by Crippen LogP contribution is 2.25. The van der Waals surface area contributed by atoms with E-state index >= 15 is 0 Å². The smallest absolute Gasteiger partial charge is 0.274 e. The molecule has 28 heavy (non-hydrogen) atoms. The van der Waals surface area contributed by atoms with Gasteiger partial charge in [0.25, 0.3) is 11.8 Å². The summed E-state index contributed by atoms with van der Waals surface area (Å²) in [5.74, 6) is -1.03. The lowest BCUT2D eigenvalue weighted by Crippen LogP contribution is -2.37. The van der Waals surface area contributed by atoms with Crippen LogP contribution in [0.2, 0.25) is 0 Å². The van der Waals surface area contributed by atoms with Crippen LogP contribution in [0.1, 0.15) is 60.5 Å². The Labute approximate surface area is 165 Å². The van der Waals surface area contributed by atoms with Crippen LogP contribution in [0, 0.1) is 12.7 Å². The van der Waals surface area contributed by atoms with Gasteiger partial charge in [-0.1, -0.05) is 6.92 Å².